The molecule has 12 heteroatoms. The first-order valence-electron chi connectivity index (χ1n) is 8.04. The maximum Gasteiger partial charge on any atom is 0.407 e. The minimum atomic E-state index is -1.16. The van der Waals surface area contributed by atoms with Gasteiger partial charge in [-0.2, -0.15) is 0 Å². The Balaban J connectivity index is 2.43. The Bertz CT molecular complexity index is 765. The molecule has 0 saturated carbocycles. The Labute approximate surface area is 162 Å². The number of amides is 2. The van der Waals surface area contributed by atoms with Gasteiger partial charge in [0, 0.05) is 35.9 Å². The van der Waals surface area contributed by atoms with Gasteiger partial charge in [-0.1, -0.05) is 0 Å². The quantitative estimate of drug-likeness (QED) is 0.320. The van der Waals surface area contributed by atoms with Crippen molar-refractivity contribution >= 4 is 45.4 Å². The molecular weight excluding hydrogens is 428 g/mol. The number of nitrogens with zero attached hydrogens (tertiary/aromatic N) is 4. The Kier molecular flexibility index (Phi) is 6.66. The predicted octanol–water partition coefficient (Wildman–Crippen LogP) is 1.79. The number of pyridine rings is 1. The zero-order valence-electron chi connectivity index (χ0n) is 14.3. The van der Waals surface area contributed by atoms with E-state index in [4.69, 9.17) is 9.84 Å². The maximum atomic E-state index is 12.7. The SMILES string of the molecule is CCOC(=O)C(=O)N(c1ncc(Br)cc1[N+](=O)[O-])C1CCN(C(=O)O)CC1. The lowest BCUT2D eigenvalue weighted by molar-refractivity contribution is -0.384. The molecule has 2 rings (SSSR count). The first kappa shape index (κ1) is 20.6. The van der Waals surface area contributed by atoms with Gasteiger partial charge in [-0.25, -0.2) is 14.6 Å². The van der Waals surface area contributed by atoms with Crippen LogP contribution in [0.3, 0.4) is 0 Å². The van der Waals surface area contributed by atoms with Crippen molar-refractivity contribution in [2.75, 3.05) is 24.6 Å². The monoisotopic (exact) mass is 444 g/mol. The van der Waals surface area contributed by atoms with Gasteiger partial charge in [0.1, 0.15) is 0 Å². The summed E-state index contributed by atoms with van der Waals surface area (Å²) in [4.78, 5) is 52.5. The number of halogens is 1. The number of likely N-dealkylation sites (tertiary alicyclic amines) is 1. The predicted molar refractivity (Wildman–Crippen MR) is 95.3 cm³/mol. The summed E-state index contributed by atoms with van der Waals surface area (Å²) in [5.41, 5.74) is -0.456. The van der Waals surface area contributed by atoms with E-state index >= 15 is 0 Å². The third-order valence-corrected chi connectivity index (χ3v) is 4.44. The van der Waals surface area contributed by atoms with Gasteiger partial charge in [-0.3, -0.25) is 19.8 Å². The van der Waals surface area contributed by atoms with Crippen LogP contribution in [0.25, 0.3) is 0 Å². The van der Waals surface area contributed by atoms with E-state index in [0.717, 1.165) is 4.90 Å². The summed E-state index contributed by atoms with van der Waals surface area (Å²) in [6, 6.07) is 0.546. The summed E-state index contributed by atoms with van der Waals surface area (Å²) in [5, 5.41) is 20.5. The number of rotatable bonds is 4. The number of hydrogen-bond donors (Lipinski definition) is 1. The average molecular weight is 445 g/mol. The summed E-state index contributed by atoms with van der Waals surface area (Å²) in [6.07, 6.45) is 0.586. The second-order valence-electron chi connectivity index (χ2n) is 5.65. The van der Waals surface area contributed by atoms with Crippen LogP contribution < -0.4 is 4.90 Å². The summed E-state index contributed by atoms with van der Waals surface area (Å²) >= 11 is 3.09. The molecule has 27 heavy (non-hydrogen) atoms. The molecule has 1 saturated heterocycles. The van der Waals surface area contributed by atoms with E-state index in [2.05, 4.69) is 20.9 Å². The molecule has 0 unspecified atom stereocenters. The molecule has 1 aliphatic rings. The van der Waals surface area contributed by atoms with Crippen molar-refractivity contribution in [1.82, 2.24) is 9.88 Å². The van der Waals surface area contributed by atoms with Crippen LogP contribution in [0.15, 0.2) is 16.7 Å². The molecule has 1 aliphatic heterocycles. The number of carbonyl (C=O) groups is 3. The van der Waals surface area contributed by atoms with Gasteiger partial charge in [-0.05, 0) is 35.7 Å². The Morgan fingerprint density at radius 1 is 1.44 bits per heavy atom. The van der Waals surface area contributed by atoms with Crippen LogP contribution in [0.2, 0.25) is 0 Å². The van der Waals surface area contributed by atoms with Gasteiger partial charge < -0.3 is 14.7 Å². The van der Waals surface area contributed by atoms with Gasteiger partial charge >= 0.3 is 23.7 Å². The molecule has 1 aromatic rings. The number of aromatic nitrogens is 1. The Morgan fingerprint density at radius 2 is 2.07 bits per heavy atom. The van der Waals surface area contributed by atoms with Crippen LogP contribution in [0.1, 0.15) is 19.8 Å². The second kappa shape index (κ2) is 8.75. The van der Waals surface area contributed by atoms with E-state index in [-0.39, 0.29) is 38.4 Å². The molecule has 0 bridgehead atoms. The molecule has 11 nitrogen and oxygen atoms in total. The number of ether oxygens (including phenoxy) is 1. The minimum Gasteiger partial charge on any atom is -0.465 e. The van der Waals surface area contributed by atoms with Gasteiger partial charge in [0.05, 0.1) is 11.5 Å². The summed E-state index contributed by atoms with van der Waals surface area (Å²) in [5.74, 6) is -2.52. The van der Waals surface area contributed by atoms with E-state index in [1.807, 2.05) is 0 Å². The van der Waals surface area contributed by atoms with Crippen molar-refractivity contribution < 1.29 is 29.2 Å². The van der Waals surface area contributed by atoms with E-state index < -0.39 is 34.6 Å². The van der Waals surface area contributed by atoms with E-state index in [0.29, 0.717) is 4.47 Å². The topological polar surface area (TPSA) is 143 Å². The Morgan fingerprint density at radius 3 is 2.59 bits per heavy atom. The summed E-state index contributed by atoms with van der Waals surface area (Å²) < 4.78 is 5.07. The largest absolute Gasteiger partial charge is 0.465 e. The highest BCUT2D eigenvalue weighted by atomic mass is 79.9. The van der Waals surface area contributed by atoms with Crippen molar-refractivity contribution in [1.29, 1.82) is 0 Å². The maximum absolute atomic E-state index is 12.7. The molecule has 0 aliphatic carbocycles. The average Bonchev–Trinajstić information content (AvgIpc) is 2.63. The zero-order valence-corrected chi connectivity index (χ0v) is 15.9. The number of anilines is 1. The molecule has 1 N–H and O–H groups in total. The first-order chi connectivity index (χ1) is 12.8. The van der Waals surface area contributed by atoms with Crippen LogP contribution >= 0.6 is 15.9 Å². The summed E-state index contributed by atoms with van der Waals surface area (Å²) in [7, 11) is 0. The molecule has 146 valence electrons. The third-order valence-electron chi connectivity index (χ3n) is 4.01. The molecule has 1 aromatic heterocycles. The fourth-order valence-corrected chi connectivity index (χ4v) is 3.10. The van der Waals surface area contributed by atoms with E-state index in [1.54, 1.807) is 0 Å². The van der Waals surface area contributed by atoms with Crippen LogP contribution in [0.5, 0.6) is 0 Å². The number of carbonyl (C=O) groups excluding carboxylic acids is 2. The highest BCUT2D eigenvalue weighted by Crippen LogP contribution is 2.32. The smallest absolute Gasteiger partial charge is 0.407 e. The molecular formula is C15H17BrN4O7. The number of piperidine rings is 1. The van der Waals surface area contributed by atoms with E-state index in [1.165, 1.54) is 24.1 Å². The molecule has 0 aromatic carbocycles. The van der Waals surface area contributed by atoms with Gasteiger partial charge in [0.15, 0.2) is 0 Å². The molecule has 1 fully saturated rings. The molecule has 2 heterocycles. The van der Waals surface area contributed by atoms with Gasteiger partial charge in [0.2, 0.25) is 5.82 Å². The highest BCUT2D eigenvalue weighted by Gasteiger charge is 2.38. The zero-order chi connectivity index (χ0) is 20.1. The standard InChI is InChI=1S/C15H17BrN4O7/c1-2-27-14(22)13(21)19(10-3-5-18(6-4-10)15(23)24)12-11(20(25)26)7-9(16)8-17-12/h7-8,10H,2-6H2,1H3,(H,23,24). The van der Waals surface area contributed by atoms with Crippen LogP contribution in [0.4, 0.5) is 16.3 Å². The second-order valence-corrected chi connectivity index (χ2v) is 6.57. The molecule has 0 radical (unpaired) electrons. The fourth-order valence-electron chi connectivity index (χ4n) is 2.78. The highest BCUT2D eigenvalue weighted by molar-refractivity contribution is 9.10. The summed E-state index contributed by atoms with van der Waals surface area (Å²) in [6.45, 7) is 1.74. The van der Waals surface area contributed by atoms with Crippen molar-refractivity contribution in [3.63, 3.8) is 0 Å². The van der Waals surface area contributed by atoms with Crippen LogP contribution in [0, 0.1) is 10.1 Å². The molecule has 0 atom stereocenters. The molecule has 0 spiro atoms. The number of hydrogen-bond acceptors (Lipinski definition) is 7. The lowest BCUT2D eigenvalue weighted by Gasteiger charge is -2.36. The molecule has 2 amide bonds. The van der Waals surface area contributed by atoms with Gasteiger partial charge in [-0.15, -0.1) is 0 Å². The van der Waals surface area contributed by atoms with Crippen molar-refractivity contribution in [3.05, 3.63) is 26.9 Å². The van der Waals surface area contributed by atoms with Crippen LogP contribution in [-0.2, 0) is 14.3 Å². The third kappa shape index (κ3) is 4.70. The number of carboxylic acid groups (broad SMARTS) is 1. The normalized spacial score (nSPS) is 14.5. The van der Waals surface area contributed by atoms with Crippen molar-refractivity contribution in [2.45, 2.75) is 25.8 Å². The van der Waals surface area contributed by atoms with E-state index in [9.17, 15) is 24.5 Å². The van der Waals surface area contributed by atoms with Gasteiger partial charge in [0.25, 0.3) is 0 Å². The minimum absolute atomic E-state index is 0.0360. The Hall–Kier alpha value is -2.76. The van der Waals surface area contributed by atoms with Crippen molar-refractivity contribution in [2.24, 2.45) is 0 Å². The van der Waals surface area contributed by atoms with Crippen LogP contribution in [-0.4, -0.2) is 63.6 Å². The number of nitro groups is 1. The lowest BCUT2D eigenvalue weighted by Crippen LogP contribution is -2.51. The fraction of sp³-hybridized carbons (Fsp3) is 0.467. The van der Waals surface area contributed by atoms with Crippen molar-refractivity contribution in [3.8, 4) is 0 Å². The lowest BCUT2D eigenvalue weighted by atomic mass is 10.0. The first-order valence-corrected chi connectivity index (χ1v) is 8.83. The number of esters is 1.